The van der Waals surface area contributed by atoms with E-state index in [1.54, 1.807) is 6.08 Å². The van der Waals surface area contributed by atoms with E-state index in [4.69, 9.17) is 4.74 Å². The van der Waals surface area contributed by atoms with E-state index < -0.39 is 0 Å². The molecule has 64 valence electrons. The van der Waals surface area contributed by atoms with Crippen molar-refractivity contribution in [2.45, 2.75) is 13.5 Å². The Hall–Kier alpha value is -1.08. The summed E-state index contributed by atoms with van der Waals surface area (Å²) in [7, 11) is 0. The molecule has 0 aliphatic heterocycles. The third-order valence-electron chi connectivity index (χ3n) is 1.59. The van der Waals surface area contributed by atoms with Gasteiger partial charge in [0.1, 0.15) is 0 Å². The molecule has 0 atom stereocenters. The smallest absolute Gasteiger partial charge is 0.0721 e. The molecule has 0 aromatic heterocycles. The Kier molecular flexibility index (Phi) is 3.55. The van der Waals surface area contributed by atoms with Crippen LogP contribution in [0.3, 0.4) is 0 Å². The summed E-state index contributed by atoms with van der Waals surface area (Å²) in [5, 5.41) is 0. The maximum Gasteiger partial charge on any atom is 0.0721 e. The summed E-state index contributed by atoms with van der Waals surface area (Å²) in [5.41, 5.74) is 2.49. The van der Waals surface area contributed by atoms with Crippen LogP contribution in [-0.2, 0) is 11.3 Å². The van der Waals surface area contributed by atoms with Crippen LogP contribution in [0.15, 0.2) is 36.9 Å². The van der Waals surface area contributed by atoms with Gasteiger partial charge in [-0.2, -0.15) is 0 Å². The van der Waals surface area contributed by atoms with Crippen LogP contribution in [0.1, 0.15) is 11.1 Å². The molecule has 0 bridgehead atoms. The molecular weight excluding hydrogens is 148 g/mol. The maximum atomic E-state index is 5.31. The number of benzene rings is 1. The minimum atomic E-state index is 0.619. The summed E-state index contributed by atoms with van der Waals surface area (Å²) in [6.07, 6.45) is 1.76. The molecular formula is C11H14O. The molecule has 0 unspecified atom stereocenters. The van der Waals surface area contributed by atoms with Crippen LogP contribution >= 0.6 is 0 Å². The molecule has 0 saturated carbocycles. The fraction of sp³-hybridized carbons (Fsp3) is 0.273. The highest BCUT2D eigenvalue weighted by molar-refractivity contribution is 5.21. The summed E-state index contributed by atoms with van der Waals surface area (Å²) >= 11 is 0. The first-order valence-electron chi connectivity index (χ1n) is 4.07. The van der Waals surface area contributed by atoms with Gasteiger partial charge in [0.25, 0.3) is 0 Å². The summed E-state index contributed by atoms with van der Waals surface area (Å²) in [6.45, 7) is 6.96. The van der Waals surface area contributed by atoms with Crippen LogP contribution in [0.2, 0.25) is 0 Å². The minimum Gasteiger partial charge on any atom is -0.373 e. The highest BCUT2D eigenvalue weighted by atomic mass is 16.5. The summed E-state index contributed by atoms with van der Waals surface area (Å²) in [4.78, 5) is 0. The average Bonchev–Trinajstić information content (AvgIpc) is 2.05. The summed E-state index contributed by atoms with van der Waals surface area (Å²) < 4.78 is 5.31. The number of rotatable bonds is 4. The first kappa shape index (κ1) is 9.01. The highest BCUT2D eigenvalue weighted by Crippen LogP contribution is 2.04. The molecule has 0 N–H and O–H groups in total. The van der Waals surface area contributed by atoms with E-state index in [0.29, 0.717) is 13.2 Å². The van der Waals surface area contributed by atoms with Gasteiger partial charge in [0.15, 0.2) is 0 Å². The van der Waals surface area contributed by atoms with Gasteiger partial charge in [-0.3, -0.25) is 0 Å². The van der Waals surface area contributed by atoms with Gasteiger partial charge in [-0.05, 0) is 12.5 Å². The fourth-order valence-electron chi connectivity index (χ4n) is 1.06. The quantitative estimate of drug-likeness (QED) is 0.488. The fourth-order valence-corrected chi connectivity index (χ4v) is 1.06. The van der Waals surface area contributed by atoms with Crippen LogP contribution in [0.25, 0.3) is 0 Å². The van der Waals surface area contributed by atoms with Gasteiger partial charge < -0.3 is 4.74 Å². The molecule has 0 radical (unpaired) electrons. The van der Waals surface area contributed by atoms with E-state index >= 15 is 0 Å². The lowest BCUT2D eigenvalue weighted by Crippen LogP contribution is -1.92. The molecule has 1 nitrogen and oxygen atoms in total. The molecule has 1 rings (SSSR count). The molecule has 0 spiro atoms. The van der Waals surface area contributed by atoms with E-state index in [1.165, 1.54) is 11.1 Å². The molecule has 0 fully saturated rings. The highest BCUT2D eigenvalue weighted by Gasteiger charge is 1.91. The van der Waals surface area contributed by atoms with E-state index in [0.717, 1.165) is 0 Å². The molecule has 1 heteroatoms. The van der Waals surface area contributed by atoms with Gasteiger partial charge in [0.05, 0.1) is 13.2 Å². The van der Waals surface area contributed by atoms with Crippen molar-refractivity contribution in [2.75, 3.05) is 6.61 Å². The standard InChI is InChI=1S/C11H14O/c1-3-7-12-9-11-6-4-5-10(2)8-11/h3-6,8H,1,7,9H2,2H3. The van der Waals surface area contributed by atoms with Gasteiger partial charge in [0, 0.05) is 0 Å². The third-order valence-corrected chi connectivity index (χ3v) is 1.59. The number of aryl methyl sites for hydroxylation is 1. The van der Waals surface area contributed by atoms with Crippen molar-refractivity contribution in [3.63, 3.8) is 0 Å². The van der Waals surface area contributed by atoms with Gasteiger partial charge >= 0.3 is 0 Å². The minimum absolute atomic E-state index is 0.619. The predicted octanol–water partition coefficient (Wildman–Crippen LogP) is 2.70. The second-order valence-electron chi connectivity index (χ2n) is 2.79. The Morgan fingerprint density at radius 3 is 3.00 bits per heavy atom. The Labute approximate surface area is 73.7 Å². The molecule has 1 aromatic carbocycles. The molecule has 0 heterocycles. The number of hydrogen-bond donors (Lipinski definition) is 0. The van der Waals surface area contributed by atoms with E-state index in [9.17, 15) is 0 Å². The van der Waals surface area contributed by atoms with Crippen molar-refractivity contribution in [1.29, 1.82) is 0 Å². The lowest BCUT2D eigenvalue weighted by Gasteiger charge is -2.01. The van der Waals surface area contributed by atoms with Crippen LogP contribution < -0.4 is 0 Å². The Balaban J connectivity index is 2.46. The average molecular weight is 162 g/mol. The molecule has 0 amide bonds. The van der Waals surface area contributed by atoms with Crippen LogP contribution in [0, 0.1) is 6.92 Å². The zero-order valence-corrected chi connectivity index (χ0v) is 7.42. The first-order chi connectivity index (χ1) is 5.83. The van der Waals surface area contributed by atoms with E-state index in [-0.39, 0.29) is 0 Å². The molecule has 1 aromatic rings. The topological polar surface area (TPSA) is 9.23 Å². The van der Waals surface area contributed by atoms with Crippen molar-refractivity contribution >= 4 is 0 Å². The SMILES string of the molecule is C=CCOCc1cccc(C)c1. The van der Waals surface area contributed by atoms with Crippen LogP contribution in [0.5, 0.6) is 0 Å². The van der Waals surface area contributed by atoms with Crippen molar-refractivity contribution in [1.82, 2.24) is 0 Å². The second kappa shape index (κ2) is 4.73. The van der Waals surface area contributed by atoms with Gasteiger partial charge in [-0.1, -0.05) is 35.9 Å². The third kappa shape index (κ3) is 2.89. The normalized spacial score (nSPS) is 9.75. The lowest BCUT2D eigenvalue weighted by molar-refractivity contribution is 0.149. The Morgan fingerprint density at radius 2 is 2.33 bits per heavy atom. The summed E-state index contributed by atoms with van der Waals surface area (Å²) in [5.74, 6) is 0. The predicted molar refractivity (Wildman–Crippen MR) is 51.0 cm³/mol. The van der Waals surface area contributed by atoms with Gasteiger partial charge in [-0.25, -0.2) is 0 Å². The first-order valence-corrected chi connectivity index (χ1v) is 4.07. The zero-order chi connectivity index (χ0) is 8.81. The van der Waals surface area contributed by atoms with Gasteiger partial charge in [-0.15, -0.1) is 6.58 Å². The molecule has 0 saturated heterocycles. The van der Waals surface area contributed by atoms with Crippen molar-refractivity contribution in [2.24, 2.45) is 0 Å². The van der Waals surface area contributed by atoms with Crippen molar-refractivity contribution in [3.05, 3.63) is 48.0 Å². The molecule has 0 aliphatic carbocycles. The van der Waals surface area contributed by atoms with Crippen LogP contribution in [-0.4, -0.2) is 6.61 Å². The van der Waals surface area contributed by atoms with Crippen molar-refractivity contribution in [3.8, 4) is 0 Å². The maximum absolute atomic E-state index is 5.31. The zero-order valence-electron chi connectivity index (χ0n) is 7.42. The monoisotopic (exact) mass is 162 g/mol. The lowest BCUT2D eigenvalue weighted by atomic mass is 10.1. The molecule has 0 aliphatic rings. The van der Waals surface area contributed by atoms with Crippen molar-refractivity contribution < 1.29 is 4.74 Å². The van der Waals surface area contributed by atoms with E-state index in [2.05, 4.69) is 31.7 Å². The van der Waals surface area contributed by atoms with E-state index in [1.807, 2.05) is 6.07 Å². The Bertz CT molecular complexity index is 253. The number of ether oxygens (including phenoxy) is 1. The van der Waals surface area contributed by atoms with Gasteiger partial charge in [0.2, 0.25) is 0 Å². The second-order valence-corrected chi connectivity index (χ2v) is 2.79. The largest absolute Gasteiger partial charge is 0.373 e. The Morgan fingerprint density at radius 1 is 1.50 bits per heavy atom. The number of hydrogen-bond acceptors (Lipinski definition) is 1. The molecule has 12 heavy (non-hydrogen) atoms. The van der Waals surface area contributed by atoms with Crippen LogP contribution in [0.4, 0.5) is 0 Å². The summed E-state index contributed by atoms with van der Waals surface area (Å²) in [6, 6.07) is 8.32.